The zero-order valence-electron chi connectivity index (χ0n) is 9.78. The van der Waals surface area contributed by atoms with Crippen LogP contribution in [0.5, 0.6) is 0 Å². The lowest BCUT2D eigenvalue weighted by molar-refractivity contribution is -0.122. The molecule has 0 radical (unpaired) electrons. The molecule has 2 heterocycles. The zero-order valence-corrected chi connectivity index (χ0v) is 9.78. The van der Waals surface area contributed by atoms with Gasteiger partial charge in [-0.25, -0.2) is 4.68 Å². The summed E-state index contributed by atoms with van der Waals surface area (Å²) in [5.74, 6) is -0.144. The number of pyridine rings is 1. The summed E-state index contributed by atoms with van der Waals surface area (Å²) in [7, 11) is 0. The van der Waals surface area contributed by atoms with Gasteiger partial charge in [0.25, 0.3) is 0 Å². The maximum atomic E-state index is 11.6. The van der Waals surface area contributed by atoms with Crippen LogP contribution in [0.1, 0.15) is 11.4 Å². The van der Waals surface area contributed by atoms with Gasteiger partial charge >= 0.3 is 0 Å². The van der Waals surface area contributed by atoms with Crippen LogP contribution in [0.2, 0.25) is 0 Å². The molecule has 7 nitrogen and oxygen atoms in total. The predicted molar refractivity (Wildman–Crippen MR) is 64.0 cm³/mol. The summed E-state index contributed by atoms with van der Waals surface area (Å²) in [4.78, 5) is 15.7. The van der Waals surface area contributed by atoms with E-state index in [2.05, 4.69) is 20.6 Å². The van der Waals surface area contributed by atoms with Crippen molar-refractivity contribution in [1.29, 1.82) is 0 Å². The molecule has 18 heavy (non-hydrogen) atoms. The number of rotatable bonds is 5. The predicted octanol–water partition coefficient (Wildman–Crippen LogP) is -0.552. The van der Waals surface area contributed by atoms with Crippen LogP contribution in [0.4, 0.5) is 0 Å². The first kappa shape index (κ1) is 12.2. The maximum Gasteiger partial charge on any atom is 0.242 e. The van der Waals surface area contributed by atoms with Gasteiger partial charge in [-0.05, 0) is 12.1 Å². The third-order valence-corrected chi connectivity index (χ3v) is 2.29. The Bertz CT molecular complexity index is 509. The lowest BCUT2D eigenvalue weighted by Crippen LogP contribution is -2.27. The van der Waals surface area contributed by atoms with Crippen molar-refractivity contribution in [2.24, 2.45) is 5.73 Å². The third kappa shape index (κ3) is 3.36. The van der Waals surface area contributed by atoms with Crippen molar-refractivity contribution in [2.75, 3.05) is 0 Å². The van der Waals surface area contributed by atoms with Crippen molar-refractivity contribution < 1.29 is 4.79 Å². The van der Waals surface area contributed by atoms with Gasteiger partial charge in [-0.15, -0.1) is 5.10 Å². The summed E-state index contributed by atoms with van der Waals surface area (Å²) >= 11 is 0. The molecule has 3 N–H and O–H groups in total. The fourth-order valence-corrected chi connectivity index (χ4v) is 1.40. The van der Waals surface area contributed by atoms with Crippen molar-refractivity contribution >= 4 is 5.91 Å². The average Bonchev–Trinajstić information content (AvgIpc) is 2.85. The van der Waals surface area contributed by atoms with Crippen LogP contribution in [0, 0.1) is 0 Å². The van der Waals surface area contributed by atoms with Crippen molar-refractivity contribution in [1.82, 2.24) is 25.3 Å². The van der Waals surface area contributed by atoms with Gasteiger partial charge in [-0.2, -0.15) is 0 Å². The molecule has 0 aliphatic heterocycles. The molecular weight excluding hydrogens is 232 g/mol. The number of aromatic nitrogens is 4. The molecule has 2 aromatic heterocycles. The van der Waals surface area contributed by atoms with Gasteiger partial charge in [-0.3, -0.25) is 9.78 Å². The number of amides is 1. The van der Waals surface area contributed by atoms with Crippen molar-refractivity contribution in [2.45, 2.75) is 19.6 Å². The topological polar surface area (TPSA) is 98.7 Å². The van der Waals surface area contributed by atoms with Gasteiger partial charge in [0, 0.05) is 12.7 Å². The molecule has 0 aromatic carbocycles. The Morgan fingerprint density at radius 3 is 2.94 bits per heavy atom. The summed E-state index contributed by atoms with van der Waals surface area (Å²) < 4.78 is 1.45. The number of hydrogen-bond acceptors (Lipinski definition) is 5. The quantitative estimate of drug-likeness (QED) is 0.737. The molecule has 94 valence electrons. The molecule has 0 spiro atoms. The van der Waals surface area contributed by atoms with Crippen molar-refractivity contribution in [3.05, 3.63) is 42.0 Å². The van der Waals surface area contributed by atoms with Gasteiger partial charge in [0.05, 0.1) is 24.1 Å². The summed E-state index contributed by atoms with van der Waals surface area (Å²) in [6.45, 7) is 0.841. The Morgan fingerprint density at radius 2 is 2.28 bits per heavy atom. The highest BCUT2D eigenvalue weighted by Gasteiger charge is 2.05. The van der Waals surface area contributed by atoms with E-state index in [0.29, 0.717) is 18.8 Å². The van der Waals surface area contributed by atoms with Crippen LogP contribution in [-0.2, 0) is 24.4 Å². The molecule has 0 aliphatic carbocycles. The molecule has 0 fully saturated rings. The molecule has 2 aromatic rings. The fraction of sp³-hybridized carbons (Fsp3) is 0.273. The smallest absolute Gasteiger partial charge is 0.242 e. The van der Waals surface area contributed by atoms with E-state index in [9.17, 15) is 4.79 Å². The number of carbonyl (C=O) groups is 1. The third-order valence-electron chi connectivity index (χ3n) is 2.29. The first-order valence-corrected chi connectivity index (χ1v) is 5.53. The van der Waals surface area contributed by atoms with E-state index in [1.165, 1.54) is 4.68 Å². The van der Waals surface area contributed by atoms with E-state index in [0.717, 1.165) is 5.69 Å². The monoisotopic (exact) mass is 246 g/mol. The normalized spacial score (nSPS) is 10.3. The molecular formula is C11H14N6O. The van der Waals surface area contributed by atoms with Crippen molar-refractivity contribution in [3.63, 3.8) is 0 Å². The first-order chi connectivity index (χ1) is 8.78. The van der Waals surface area contributed by atoms with Gasteiger partial charge in [0.2, 0.25) is 5.91 Å². The summed E-state index contributed by atoms with van der Waals surface area (Å²) in [6, 6.07) is 5.55. The highest BCUT2D eigenvalue weighted by Crippen LogP contribution is 1.93. The number of nitrogens with two attached hydrogens (primary N) is 1. The Morgan fingerprint density at radius 1 is 1.39 bits per heavy atom. The van der Waals surface area contributed by atoms with Crippen LogP contribution < -0.4 is 11.1 Å². The minimum atomic E-state index is -0.144. The van der Waals surface area contributed by atoms with Gasteiger partial charge in [0.1, 0.15) is 6.54 Å². The molecule has 2 rings (SSSR count). The summed E-state index contributed by atoms with van der Waals surface area (Å²) in [6.07, 6.45) is 3.34. The second-order valence-electron chi connectivity index (χ2n) is 3.71. The lowest BCUT2D eigenvalue weighted by atomic mass is 10.3. The van der Waals surface area contributed by atoms with E-state index in [4.69, 9.17) is 5.73 Å². The van der Waals surface area contributed by atoms with E-state index < -0.39 is 0 Å². The number of carbonyl (C=O) groups excluding carboxylic acids is 1. The maximum absolute atomic E-state index is 11.6. The molecule has 0 saturated carbocycles. The molecule has 0 saturated heterocycles. The zero-order chi connectivity index (χ0) is 12.8. The Hall–Kier alpha value is -2.28. The molecule has 7 heteroatoms. The van der Waals surface area contributed by atoms with Crippen molar-refractivity contribution in [3.8, 4) is 0 Å². The average molecular weight is 246 g/mol. The second-order valence-corrected chi connectivity index (χ2v) is 3.71. The summed E-state index contributed by atoms with van der Waals surface area (Å²) in [5.41, 5.74) is 6.88. The van der Waals surface area contributed by atoms with E-state index in [-0.39, 0.29) is 12.5 Å². The molecule has 1 amide bonds. The number of nitrogens with one attached hydrogen (secondary N) is 1. The minimum absolute atomic E-state index is 0.125. The highest BCUT2D eigenvalue weighted by atomic mass is 16.2. The Kier molecular flexibility index (Phi) is 3.98. The lowest BCUT2D eigenvalue weighted by Gasteiger charge is -2.04. The Balaban J connectivity index is 1.82. The van der Waals surface area contributed by atoms with Gasteiger partial charge < -0.3 is 11.1 Å². The molecule has 0 aliphatic rings. The molecule has 0 atom stereocenters. The number of hydrogen-bond donors (Lipinski definition) is 2. The van der Waals surface area contributed by atoms with E-state index in [1.54, 1.807) is 12.4 Å². The first-order valence-electron chi connectivity index (χ1n) is 5.53. The molecule has 0 unspecified atom stereocenters. The number of nitrogens with zero attached hydrogens (tertiary/aromatic N) is 4. The SMILES string of the molecule is NCc1cn(CC(=O)NCc2ccccn2)nn1. The van der Waals surface area contributed by atoms with Gasteiger partial charge in [0.15, 0.2) is 0 Å². The standard InChI is InChI=1S/C11H14N6O/c12-5-10-7-17(16-15-10)8-11(18)14-6-9-3-1-2-4-13-9/h1-4,7H,5-6,8,12H2,(H,14,18). The minimum Gasteiger partial charge on any atom is -0.349 e. The van der Waals surface area contributed by atoms with Crippen LogP contribution in [0.3, 0.4) is 0 Å². The van der Waals surface area contributed by atoms with Crippen LogP contribution in [-0.4, -0.2) is 25.9 Å². The van der Waals surface area contributed by atoms with Crippen LogP contribution in [0.15, 0.2) is 30.6 Å². The van der Waals surface area contributed by atoms with E-state index in [1.807, 2.05) is 18.2 Å². The summed E-state index contributed by atoms with van der Waals surface area (Å²) in [5, 5.41) is 10.3. The van der Waals surface area contributed by atoms with E-state index >= 15 is 0 Å². The highest BCUT2D eigenvalue weighted by molar-refractivity contribution is 5.75. The van der Waals surface area contributed by atoms with Crippen LogP contribution in [0.25, 0.3) is 0 Å². The molecule has 0 bridgehead atoms. The van der Waals surface area contributed by atoms with Gasteiger partial charge in [-0.1, -0.05) is 11.3 Å². The largest absolute Gasteiger partial charge is 0.349 e. The van der Waals surface area contributed by atoms with Crippen LogP contribution >= 0.6 is 0 Å². The Labute approximate surface area is 104 Å². The second kappa shape index (κ2) is 5.87. The fourth-order valence-electron chi connectivity index (χ4n) is 1.40.